The summed E-state index contributed by atoms with van der Waals surface area (Å²) >= 11 is 7.40. The normalized spacial score (nSPS) is 11.0. The molecule has 154 valence electrons. The Morgan fingerprint density at radius 2 is 2.17 bits per heavy atom. The zero-order chi connectivity index (χ0) is 20.8. The number of aryl methyl sites for hydroxylation is 2. The fourth-order valence-electron chi connectivity index (χ4n) is 2.76. The number of hydrogen-bond acceptors (Lipinski definition) is 7. The number of thioether (sulfide) groups is 1. The van der Waals surface area contributed by atoms with Crippen molar-refractivity contribution in [3.05, 3.63) is 57.1 Å². The molecule has 0 radical (unpaired) electrons. The first kappa shape index (κ1) is 21.1. The maximum atomic E-state index is 10.7. The summed E-state index contributed by atoms with van der Waals surface area (Å²) in [6, 6.07) is 5.57. The van der Waals surface area contributed by atoms with Gasteiger partial charge in [-0.3, -0.25) is 14.8 Å². The SMILES string of the molecule is CCn1c(CCCOc2ccc(Cl)cc2C)nnc1SCn1cc([N+](=O)[O-])cn1. The predicted octanol–water partition coefficient (Wildman–Crippen LogP) is 4.13. The molecule has 2 aromatic heterocycles. The van der Waals surface area contributed by atoms with Gasteiger partial charge in [0, 0.05) is 18.0 Å². The van der Waals surface area contributed by atoms with Crippen LogP contribution in [0.3, 0.4) is 0 Å². The minimum absolute atomic E-state index is 0.0285. The second kappa shape index (κ2) is 9.75. The number of aromatic nitrogens is 5. The summed E-state index contributed by atoms with van der Waals surface area (Å²) in [7, 11) is 0. The van der Waals surface area contributed by atoms with Gasteiger partial charge in [-0.05, 0) is 44.0 Å². The van der Waals surface area contributed by atoms with Crippen LogP contribution in [-0.2, 0) is 18.8 Å². The Hall–Kier alpha value is -2.59. The summed E-state index contributed by atoms with van der Waals surface area (Å²) in [5, 5.41) is 24.7. The molecular weight excluding hydrogens is 416 g/mol. The van der Waals surface area contributed by atoms with Crippen LogP contribution in [-0.4, -0.2) is 36.1 Å². The van der Waals surface area contributed by atoms with E-state index in [2.05, 4.69) is 15.3 Å². The van der Waals surface area contributed by atoms with E-state index >= 15 is 0 Å². The van der Waals surface area contributed by atoms with Crippen LogP contribution in [0.5, 0.6) is 5.75 Å². The Bertz CT molecular complexity index is 990. The Balaban J connectivity index is 1.52. The highest BCUT2D eigenvalue weighted by Gasteiger charge is 2.13. The number of nitro groups is 1. The van der Waals surface area contributed by atoms with E-state index in [-0.39, 0.29) is 5.69 Å². The third-order valence-corrected chi connectivity index (χ3v) is 5.39. The van der Waals surface area contributed by atoms with Crippen molar-refractivity contribution in [3.8, 4) is 5.75 Å². The number of nitrogens with zero attached hydrogens (tertiary/aromatic N) is 6. The molecule has 0 saturated carbocycles. The molecule has 3 rings (SSSR count). The van der Waals surface area contributed by atoms with Crippen molar-refractivity contribution in [2.24, 2.45) is 0 Å². The quantitative estimate of drug-likeness (QED) is 0.204. The van der Waals surface area contributed by atoms with Crippen molar-refractivity contribution in [1.82, 2.24) is 24.5 Å². The lowest BCUT2D eigenvalue weighted by Gasteiger charge is -2.10. The Morgan fingerprint density at radius 3 is 2.86 bits per heavy atom. The molecular formula is C18H21ClN6O3S. The van der Waals surface area contributed by atoms with E-state index in [1.165, 1.54) is 28.8 Å². The van der Waals surface area contributed by atoms with Gasteiger partial charge in [-0.2, -0.15) is 5.10 Å². The van der Waals surface area contributed by atoms with Crippen molar-refractivity contribution in [2.45, 2.75) is 44.3 Å². The number of benzene rings is 1. The van der Waals surface area contributed by atoms with Crippen LogP contribution in [0, 0.1) is 17.0 Å². The van der Waals surface area contributed by atoms with Gasteiger partial charge in [-0.15, -0.1) is 10.2 Å². The Labute approximate surface area is 177 Å². The van der Waals surface area contributed by atoms with Gasteiger partial charge in [-0.1, -0.05) is 23.4 Å². The molecule has 0 aliphatic rings. The van der Waals surface area contributed by atoms with E-state index in [0.29, 0.717) is 17.5 Å². The molecule has 9 nitrogen and oxygen atoms in total. The average Bonchev–Trinajstić information content (AvgIpc) is 3.31. The van der Waals surface area contributed by atoms with Crippen LogP contribution in [0.1, 0.15) is 24.7 Å². The lowest BCUT2D eigenvalue weighted by atomic mass is 10.2. The molecule has 2 heterocycles. The highest BCUT2D eigenvalue weighted by Crippen LogP contribution is 2.23. The van der Waals surface area contributed by atoms with Crippen molar-refractivity contribution < 1.29 is 9.66 Å². The van der Waals surface area contributed by atoms with Gasteiger partial charge in [0.15, 0.2) is 5.16 Å². The summed E-state index contributed by atoms with van der Waals surface area (Å²) in [6.45, 7) is 5.30. The highest BCUT2D eigenvalue weighted by molar-refractivity contribution is 7.98. The zero-order valence-corrected chi connectivity index (χ0v) is 17.7. The Morgan fingerprint density at radius 1 is 1.34 bits per heavy atom. The topological polar surface area (TPSA) is 101 Å². The number of rotatable bonds is 10. The minimum Gasteiger partial charge on any atom is -0.493 e. The molecule has 0 aliphatic heterocycles. The van der Waals surface area contributed by atoms with Crippen molar-refractivity contribution in [2.75, 3.05) is 6.61 Å². The first-order valence-corrected chi connectivity index (χ1v) is 10.4. The van der Waals surface area contributed by atoms with Gasteiger partial charge in [0.05, 0.1) is 17.4 Å². The summed E-state index contributed by atoms with van der Waals surface area (Å²) in [5.41, 5.74) is 0.978. The first-order chi connectivity index (χ1) is 14.0. The molecule has 0 aliphatic carbocycles. The summed E-state index contributed by atoms with van der Waals surface area (Å²) in [5.74, 6) is 2.14. The van der Waals surface area contributed by atoms with Gasteiger partial charge in [-0.25, -0.2) is 0 Å². The lowest BCUT2D eigenvalue weighted by Crippen LogP contribution is -2.07. The summed E-state index contributed by atoms with van der Waals surface area (Å²) in [4.78, 5) is 10.3. The molecule has 29 heavy (non-hydrogen) atoms. The molecule has 3 aromatic rings. The van der Waals surface area contributed by atoms with E-state index in [9.17, 15) is 10.1 Å². The molecule has 0 N–H and O–H groups in total. The smallest absolute Gasteiger partial charge is 0.307 e. The van der Waals surface area contributed by atoms with E-state index in [0.717, 1.165) is 41.7 Å². The fraction of sp³-hybridized carbons (Fsp3) is 0.389. The van der Waals surface area contributed by atoms with Gasteiger partial charge in [0.2, 0.25) is 0 Å². The zero-order valence-electron chi connectivity index (χ0n) is 16.1. The maximum absolute atomic E-state index is 10.7. The van der Waals surface area contributed by atoms with Crippen molar-refractivity contribution in [1.29, 1.82) is 0 Å². The largest absolute Gasteiger partial charge is 0.493 e. The van der Waals surface area contributed by atoms with E-state index < -0.39 is 4.92 Å². The molecule has 11 heteroatoms. The molecule has 0 unspecified atom stereocenters. The van der Waals surface area contributed by atoms with E-state index in [4.69, 9.17) is 16.3 Å². The van der Waals surface area contributed by atoms with Crippen LogP contribution in [0.4, 0.5) is 5.69 Å². The monoisotopic (exact) mass is 436 g/mol. The number of ether oxygens (including phenoxy) is 1. The van der Waals surface area contributed by atoms with Crippen molar-refractivity contribution >= 4 is 29.1 Å². The van der Waals surface area contributed by atoms with Crippen LogP contribution < -0.4 is 4.74 Å². The lowest BCUT2D eigenvalue weighted by molar-refractivity contribution is -0.385. The molecule has 0 bridgehead atoms. The first-order valence-electron chi connectivity index (χ1n) is 9.08. The van der Waals surface area contributed by atoms with Crippen LogP contribution >= 0.6 is 23.4 Å². The molecule has 1 aromatic carbocycles. The molecule has 0 saturated heterocycles. The second-order valence-electron chi connectivity index (χ2n) is 6.27. The summed E-state index contributed by atoms with van der Waals surface area (Å²) in [6.07, 6.45) is 4.17. The van der Waals surface area contributed by atoms with Crippen LogP contribution in [0.2, 0.25) is 5.02 Å². The highest BCUT2D eigenvalue weighted by atomic mass is 35.5. The van der Waals surface area contributed by atoms with E-state index in [1.54, 1.807) is 0 Å². The number of halogens is 1. The van der Waals surface area contributed by atoms with Crippen LogP contribution in [0.15, 0.2) is 35.7 Å². The minimum atomic E-state index is -0.464. The van der Waals surface area contributed by atoms with Gasteiger partial charge in [0.1, 0.15) is 24.0 Å². The molecule has 0 amide bonds. The van der Waals surface area contributed by atoms with Gasteiger partial charge >= 0.3 is 5.69 Å². The van der Waals surface area contributed by atoms with Gasteiger partial charge in [0.25, 0.3) is 0 Å². The van der Waals surface area contributed by atoms with Crippen molar-refractivity contribution in [3.63, 3.8) is 0 Å². The summed E-state index contributed by atoms with van der Waals surface area (Å²) < 4.78 is 9.38. The maximum Gasteiger partial charge on any atom is 0.307 e. The second-order valence-corrected chi connectivity index (χ2v) is 7.62. The van der Waals surface area contributed by atoms with Gasteiger partial charge < -0.3 is 9.30 Å². The molecule has 0 atom stereocenters. The predicted molar refractivity (Wildman–Crippen MR) is 110 cm³/mol. The standard InChI is InChI=1S/C18H21ClN6O3S/c1-3-24-17(5-4-8-28-16-7-6-14(19)9-13(16)2)21-22-18(24)29-12-23-11-15(10-20-23)25(26)27/h6-7,9-11H,3-5,8,12H2,1-2H3. The fourth-order valence-corrected chi connectivity index (χ4v) is 3.86. The molecule has 0 fully saturated rings. The third kappa shape index (κ3) is 5.48. The third-order valence-electron chi connectivity index (χ3n) is 4.21. The van der Waals surface area contributed by atoms with E-state index in [1.807, 2.05) is 36.6 Å². The van der Waals surface area contributed by atoms with Crippen LogP contribution in [0.25, 0.3) is 0 Å². The average molecular weight is 437 g/mol. The number of hydrogen-bond donors (Lipinski definition) is 0. The molecule has 0 spiro atoms. The Kier molecular flexibility index (Phi) is 7.10.